The largest absolute Gasteiger partial charge is 0.292 e. The molecule has 88 valence electrons. The Morgan fingerprint density at radius 3 is 2.69 bits per heavy atom. The zero-order valence-electron chi connectivity index (χ0n) is 9.82. The van der Waals surface area contributed by atoms with Gasteiger partial charge in [-0.1, -0.05) is 19.3 Å². The van der Waals surface area contributed by atoms with E-state index in [9.17, 15) is 9.59 Å². The minimum absolute atomic E-state index is 0.114. The number of likely N-dealkylation sites (N-methyl/N-ethyl adjacent to an activating group) is 1. The highest BCUT2D eigenvalue weighted by atomic mass is 16.2. The van der Waals surface area contributed by atoms with E-state index in [2.05, 4.69) is 11.2 Å². The highest BCUT2D eigenvalue weighted by molar-refractivity contribution is 6.05. The maximum Gasteiger partial charge on any atom is 0.246 e. The third kappa shape index (κ3) is 2.61. The van der Waals surface area contributed by atoms with Crippen LogP contribution in [0.3, 0.4) is 0 Å². The number of imide groups is 1. The van der Waals surface area contributed by atoms with E-state index < -0.39 is 6.04 Å². The fraction of sp³-hybridized carbons (Fsp3) is 0.667. The summed E-state index contributed by atoms with van der Waals surface area (Å²) in [5, 5.41) is 3.06. The number of carbonyl (C=O) groups excluding carboxylic acids is 2. The first-order valence-electron chi connectivity index (χ1n) is 5.70. The summed E-state index contributed by atoms with van der Waals surface area (Å²) in [6.45, 7) is 4.26. The van der Waals surface area contributed by atoms with Crippen molar-refractivity contribution in [2.75, 3.05) is 6.54 Å². The summed E-state index contributed by atoms with van der Waals surface area (Å²) in [6, 6.07) is -0.552. The summed E-state index contributed by atoms with van der Waals surface area (Å²) in [5.74, 6) is 2.34. The molecule has 0 aromatic heterocycles. The van der Waals surface area contributed by atoms with Crippen molar-refractivity contribution in [2.45, 2.75) is 45.2 Å². The number of nitrogens with zero attached hydrogens (tertiary/aromatic N) is 1. The predicted octanol–water partition coefficient (Wildman–Crippen LogP) is 0.525. The molecule has 1 heterocycles. The van der Waals surface area contributed by atoms with E-state index in [1.54, 1.807) is 6.92 Å². The van der Waals surface area contributed by atoms with Gasteiger partial charge in [0.25, 0.3) is 0 Å². The minimum atomic E-state index is -0.431. The summed E-state index contributed by atoms with van der Waals surface area (Å²) >= 11 is 0. The third-order valence-corrected chi connectivity index (χ3v) is 2.74. The summed E-state index contributed by atoms with van der Waals surface area (Å²) < 4.78 is 0. The zero-order chi connectivity index (χ0) is 12.1. The third-order valence-electron chi connectivity index (χ3n) is 2.74. The van der Waals surface area contributed by atoms with E-state index in [0.29, 0.717) is 6.54 Å². The van der Waals surface area contributed by atoms with Gasteiger partial charge in [-0.05, 0) is 13.3 Å². The molecule has 1 aliphatic heterocycles. The molecule has 4 nitrogen and oxygen atoms in total. The molecule has 1 aliphatic rings. The number of carbonyl (C=O) groups is 2. The highest BCUT2D eigenvalue weighted by Crippen LogP contribution is 2.13. The molecule has 2 unspecified atom stereocenters. The molecule has 1 saturated heterocycles. The molecule has 0 aromatic carbocycles. The van der Waals surface area contributed by atoms with Crippen molar-refractivity contribution in [1.82, 2.24) is 10.2 Å². The van der Waals surface area contributed by atoms with Gasteiger partial charge < -0.3 is 0 Å². The monoisotopic (exact) mass is 222 g/mol. The first-order chi connectivity index (χ1) is 7.63. The van der Waals surface area contributed by atoms with Gasteiger partial charge >= 0.3 is 0 Å². The van der Waals surface area contributed by atoms with E-state index in [1.807, 2.05) is 6.92 Å². The number of hydrogen-bond donors (Lipinski definition) is 1. The number of hydrogen-bond acceptors (Lipinski definition) is 3. The van der Waals surface area contributed by atoms with Crippen LogP contribution in [0.2, 0.25) is 0 Å². The van der Waals surface area contributed by atoms with Crippen LogP contribution in [0, 0.1) is 12.3 Å². The van der Waals surface area contributed by atoms with Crippen LogP contribution in [0.4, 0.5) is 0 Å². The van der Waals surface area contributed by atoms with E-state index >= 15 is 0 Å². The molecule has 0 aromatic rings. The molecule has 2 amide bonds. The van der Waals surface area contributed by atoms with E-state index in [-0.39, 0.29) is 24.3 Å². The minimum Gasteiger partial charge on any atom is -0.292 e. The number of nitrogens with one attached hydrogen (secondary N) is 1. The first-order valence-corrected chi connectivity index (χ1v) is 5.70. The van der Waals surface area contributed by atoms with Gasteiger partial charge in [0.1, 0.15) is 0 Å². The second kappa shape index (κ2) is 5.66. The molecular formula is C12H18N2O2. The van der Waals surface area contributed by atoms with Crippen LogP contribution in [-0.2, 0) is 9.59 Å². The van der Waals surface area contributed by atoms with Gasteiger partial charge in [-0.25, -0.2) is 0 Å². The number of rotatable bonds is 5. The lowest BCUT2D eigenvalue weighted by molar-refractivity contribution is -0.138. The number of terminal acetylenes is 1. The zero-order valence-corrected chi connectivity index (χ0v) is 9.82. The van der Waals surface area contributed by atoms with Gasteiger partial charge in [0.05, 0.1) is 18.5 Å². The van der Waals surface area contributed by atoms with Gasteiger partial charge in [0.15, 0.2) is 0 Å². The molecule has 1 rings (SSSR count). The van der Waals surface area contributed by atoms with Crippen molar-refractivity contribution in [1.29, 1.82) is 0 Å². The van der Waals surface area contributed by atoms with Crippen molar-refractivity contribution in [3.8, 4) is 12.3 Å². The molecule has 1 fully saturated rings. The van der Waals surface area contributed by atoms with Crippen LogP contribution >= 0.6 is 0 Å². The van der Waals surface area contributed by atoms with Crippen LogP contribution in [0.5, 0.6) is 0 Å². The summed E-state index contributed by atoms with van der Waals surface area (Å²) in [7, 11) is 0. The first kappa shape index (κ1) is 12.7. The Morgan fingerprint density at radius 1 is 1.56 bits per heavy atom. The standard InChI is InChI=1S/C12H18N2O2/c1-4-7-9(5-2)13-10-8-11(15)14(6-3)12(10)16/h2,9-10,13H,4,6-8H2,1,3H3. The van der Waals surface area contributed by atoms with Crippen molar-refractivity contribution in [3.05, 3.63) is 0 Å². The lowest BCUT2D eigenvalue weighted by atomic mass is 10.1. The Bertz CT molecular complexity index is 319. The van der Waals surface area contributed by atoms with Crippen molar-refractivity contribution in [2.24, 2.45) is 0 Å². The Balaban J connectivity index is 2.60. The molecule has 0 radical (unpaired) electrons. The SMILES string of the molecule is C#CC(CCC)NC1CC(=O)N(CC)C1=O. The Kier molecular flexibility index (Phi) is 4.51. The number of likely N-dealkylation sites (tertiary alicyclic amines) is 1. The van der Waals surface area contributed by atoms with Crippen LogP contribution in [-0.4, -0.2) is 35.3 Å². The molecule has 16 heavy (non-hydrogen) atoms. The lowest BCUT2D eigenvalue weighted by Crippen LogP contribution is -2.43. The molecule has 2 atom stereocenters. The van der Waals surface area contributed by atoms with Crippen LogP contribution in [0.15, 0.2) is 0 Å². The fourth-order valence-electron chi connectivity index (χ4n) is 1.89. The molecular weight excluding hydrogens is 204 g/mol. The fourth-order valence-corrected chi connectivity index (χ4v) is 1.89. The van der Waals surface area contributed by atoms with Gasteiger partial charge in [-0.2, -0.15) is 0 Å². The second-order valence-corrected chi connectivity index (χ2v) is 3.91. The predicted molar refractivity (Wildman–Crippen MR) is 61.5 cm³/mol. The average molecular weight is 222 g/mol. The smallest absolute Gasteiger partial charge is 0.246 e. The average Bonchev–Trinajstić information content (AvgIpc) is 2.53. The van der Waals surface area contributed by atoms with E-state index in [1.165, 1.54) is 4.90 Å². The van der Waals surface area contributed by atoms with Crippen molar-refractivity contribution >= 4 is 11.8 Å². The number of amides is 2. The quantitative estimate of drug-likeness (QED) is 0.545. The molecule has 0 bridgehead atoms. The maximum atomic E-state index is 11.8. The molecule has 1 N–H and O–H groups in total. The van der Waals surface area contributed by atoms with Crippen LogP contribution < -0.4 is 5.32 Å². The van der Waals surface area contributed by atoms with Gasteiger partial charge in [0.2, 0.25) is 11.8 Å². The lowest BCUT2D eigenvalue weighted by Gasteiger charge is -2.17. The van der Waals surface area contributed by atoms with E-state index in [0.717, 1.165) is 12.8 Å². The van der Waals surface area contributed by atoms with Gasteiger partial charge in [-0.3, -0.25) is 19.8 Å². The van der Waals surface area contributed by atoms with Crippen LogP contribution in [0.25, 0.3) is 0 Å². The van der Waals surface area contributed by atoms with Crippen molar-refractivity contribution in [3.63, 3.8) is 0 Å². The Morgan fingerprint density at radius 2 is 2.25 bits per heavy atom. The summed E-state index contributed by atoms with van der Waals surface area (Å²) in [6.07, 6.45) is 7.37. The highest BCUT2D eigenvalue weighted by Gasteiger charge is 2.37. The van der Waals surface area contributed by atoms with Crippen LogP contribution in [0.1, 0.15) is 33.1 Å². The van der Waals surface area contributed by atoms with Crippen molar-refractivity contribution < 1.29 is 9.59 Å². The topological polar surface area (TPSA) is 49.4 Å². The van der Waals surface area contributed by atoms with Gasteiger partial charge in [-0.15, -0.1) is 6.42 Å². The molecule has 4 heteroatoms. The Labute approximate surface area is 96.4 Å². The second-order valence-electron chi connectivity index (χ2n) is 3.91. The Hall–Kier alpha value is -1.34. The molecule has 0 spiro atoms. The normalized spacial score (nSPS) is 22.3. The summed E-state index contributed by atoms with van der Waals surface area (Å²) in [4.78, 5) is 24.5. The maximum absolute atomic E-state index is 11.8. The molecule has 0 saturated carbocycles. The summed E-state index contributed by atoms with van der Waals surface area (Å²) in [5.41, 5.74) is 0. The van der Waals surface area contributed by atoms with E-state index in [4.69, 9.17) is 6.42 Å². The van der Waals surface area contributed by atoms with Gasteiger partial charge in [0, 0.05) is 6.54 Å². The molecule has 0 aliphatic carbocycles.